The number of ether oxygens (including phenoxy) is 1. The molecule has 1 aromatic heterocycles. The van der Waals surface area contributed by atoms with Crippen LogP contribution in [0.25, 0.3) is 10.9 Å². The van der Waals surface area contributed by atoms with E-state index < -0.39 is 10.0 Å². The fourth-order valence-corrected chi connectivity index (χ4v) is 5.01. The topological polar surface area (TPSA) is 119 Å². The molecule has 0 radical (unpaired) electrons. The molecule has 2 amide bonds. The van der Waals surface area contributed by atoms with E-state index in [1.807, 2.05) is 4.57 Å². The van der Waals surface area contributed by atoms with E-state index in [9.17, 15) is 18.0 Å². The summed E-state index contributed by atoms with van der Waals surface area (Å²) in [5.74, 6) is -0.390. The van der Waals surface area contributed by atoms with Crippen LogP contribution in [-0.2, 0) is 19.6 Å². The minimum absolute atomic E-state index is 0.0853. The highest BCUT2D eigenvalue weighted by Gasteiger charge is 2.29. The van der Waals surface area contributed by atoms with Crippen molar-refractivity contribution in [2.75, 3.05) is 31.5 Å². The molecule has 4 rings (SSSR count). The van der Waals surface area contributed by atoms with Crippen LogP contribution in [0.3, 0.4) is 0 Å². The van der Waals surface area contributed by atoms with Gasteiger partial charge in [0.2, 0.25) is 5.91 Å². The maximum Gasteiger partial charge on any atom is 0.268 e. The molecule has 3 aromatic rings. The maximum absolute atomic E-state index is 12.7. The summed E-state index contributed by atoms with van der Waals surface area (Å²) >= 11 is 5.84. The summed E-state index contributed by atoms with van der Waals surface area (Å²) in [6.45, 7) is 1.14. The van der Waals surface area contributed by atoms with Gasteiger partial charge in [0.1, 0.15) is 5.69 Å². The molecule has 0 aliphatic carbocycles. The molecule has 0 bridgehead atoms. The van der Waals surface area contributed by atoms with Gasteiger partial charge in [0.05, 0.1) is 17.5 Å². The Hall–Kier alpha value is -3.08. The van der Waals surface area contributed by atoms with E-state index in [4.69, 9.17) is 16.3 Å². The molecular weight excluding hydrogens is 468 g/mol. The number of hydrogen-bond donors (Lipinski definition) is 3. The Morgan fingerprint density at radius 3 is 2.70 bits per heavy atom. The Morgan fingerprint density at radius 2 is 1.97 bits per heavy atom. The molecule has 174 valence electrons. The van der Waals surface area contributed by atoms with Crippen LogP contribution in [0.5, 0.6) is 0 Å². The first-order valence-corrected chi connectivity index (χ1v) is 12.1. The Labute approximate surface area is 196 Å². The highest BCUT2D eigenvalue weighted by atomic mass is 35.5. The van der Waals surface area contributed by atoms with Crippen LogP contribution in [0.4, 0.5) is 5.69 Å². The highest BCUT2D eigenvalue weighted by molar-refractivity contribution is 7.92. The van der Waals surface area contributed by atoms with Gasteiger partial charge >= 0.3 is 0 Å². The molecule has 0 saturated heterocycles. The van der Waals surface area contributed by atoms with Crippen molar-refractivity contribution in [1.82, 2.24) is 15.2 Å². The Balaban J connectivity index is 1.60. The molecule has 11 heteroatoms. The number of fused-ring (bicyclic) bond motifs is 3. The number of carbonyl (C=O) groups excluding carboxylic acids is 2. The average molecular weight is 491 g/mol. The summed E-state index contributed by atoms with van der Waals surface area (Å²) in [7, 11) is -2.25. The van der Waals surface area contributed by atoms with Gasteiger partial charge in [0, 0.05) is 48.2 Å². The van der Waals surface area contributed by atoms with Crippen molar-refractivity contribution >= 4 is 50.0 Å². The zero-order valence-electron chi connectivity index (χ0n) is 17.8. The van der Waals surface area contributed by atoms with Gasteiger partial charge in [-0.25, -0.2) is 8.42 Å². The monoisotopic (exact) mass is 490 g/mol. The van der Waals surface area contributed by atoms with Crippen molar-refractivity contribution in [2.24, 2.45) is 0 Å². The number of methoxy groups -OCH3 is 1. The molecule has 33 heavy (non-hydrogen) atoms. The van der Waals surface area contributed by atoms with Gasteiger partial charge in [-0.3, -0.25) is 14.3 Å². The predicted molar refractivity (Wildman–Crippen MR) is 125 cm³/mol. The highest BCUT2D eigenvalue weighted by Crippen LogP contribution is 2.31. The van der Waals surface area contributed by atoms with Crippen LogP contribution < -0.4 is 15.4 Å². The van der Waals surface area contributed by atoms with Crippen molar-refractivity contribution < 1.29 is 22.7 Å². The summed E-state index contributed by atoms with van der Waals surface area (Å²) in [6, 6.07) is 12.3. The van der Waals surface area contributed by atoms with E-state index in [1.54, 1.807) is 31.4 Å². The third-order valence-electron chi connectivity index (χ3n) is 5.36. The molecule has 3 N–H and O–H groups in total. The summed E-state index contributed by atoms with van der Waals surface area (Å²) < 4.78 is 34.7. The summed E-state index contributed by atoms with van der Waals surface area (Å²) in [5, 5.41) is 6.73. The van der Waals surface area contributed by atoms with Crippen LogP contribution >= 0.6 is 11.6 Å². The van der Waals surface area contributed by atoms with Crippen molar-refractivity contribution in [2.45, 2.75) is 17.4 Å². The largest absolute Gasteiger partial charge is 0.383 e. The lowest BCUT2D eigenvalue weighted by Crippen LogP contribution is -2.41. The molecule has 1 aliphatic rings. The lowest BCUT2D eigenvalue weighted by molar-refractivity contribution is -0.122. The Morgan fingerprint density at radius 1 is 1.21 bits per heavy atom. The smallest absolute Gasteiger partial charge is 0.268 e. The molecule has 1 atom stereocenters. The van der Waals surface area contributed by atoms with Crippen LogP contribution in [0, 0.1) is 0 Å². The number of hydrogen-bond acceptors (Lipinski definition) is 5. The number of sulfonamides is 1. The van der Waals surface area contributed by atoms with E-state index in [2.05, 4.69) is 15.4 Å². The quantitative estimate of drug-likeness (QED) is 0.419. The number of carbonyl (C=O) groups is 2. The first kappa shape index (κ1) is 23.1. The van der Waals surface area contributed by atoms with Crippen LogP contribution in [0.1, 0.15) is 23.0 Å². The number of amides is 2. The third-order valence-corrected chi connectivity index (χ3v) is 7.01. The molecule has 1 aliphatic heterocycles. The van der Waals surface area contributed by atoms with Gasteiger partial charge in [-0.15, -0.1) is 0 Å². The van der Waals surface area contributed by atoms with E-state index in [-0.39, 0.29) is 29.2 Å². The molecule has 0 saturated carbocycles. The van der Waals surface area contributed by atoms with Gasteiger partial charge in [0.25, 0.3) is 15.9 Å². The van der Waals surface area contributed by atoms with E-state index in [0.29, 0.717) is 41.5 Å². The van der Waals surface area contributed by atoms with Crippen LogP contribution in [-0.4, -0.2) is 51.6 Å². The normalized spacial score (nSPS) is 15.7. The number of anilines is 1. The molecule has 0 fully saturated rings. The Kier molecular flexibility index (Phi) is 6.59. The third kappa shape index (κ3) is 4.97. The second-order valence-electron chi connectivity index (χ2n) is 7.64. The standard InChI is InChI=1S/C22H23ClN4O5S/c1-32-9-8-24-21(28)12-17-13-25-22(29)20-11-14-10-16(4-7-19(14)27(17)20)26-33(30,31)18-5-2-15(23)3-6-18/h2-7,10-11,17,26H,8-9,12-13H2,1H3,(H,24,28)(H,25,29). The molecule has 9 nitrogen and oxygen atoms in total. The Bertz CT molecular complexity index is 1300. The van der Waals surface area contributed by atoms with Crippen molar-refractivity contribution in [3.8, 4) is 0 Å². The summed E-state index contributed by atoms with van der Waals surface area (Å²) in [6.07, 6.45) is 0.186. The second-order valence-corrected chi connectivity index (χ2v) is 9.76. The van der Waals surface area contributed by atoms with E-state index in [0.717, 1.165) is 5.52 Å². The molecule has 2 heterocycles. The number of benzene rings is 2. The van der Waals surface area contributed by atoms with E-state index >= 15 is 0 Å². The first-order valence-electron chi connectivity index (χ1n) is 10.3. The van der Waals surface area contributed by atoms with Gasteiger partial charge in [0.15, 0.2) is 0 Å². The number of halogens is 1. The lowest BCUT2D eigenvalue weighted by Gasteiger charge is -2.27. The fourth-order valence-electron chi connectivity index (χ4n) is 3.83. The minimum Gasteiger partial charge on any atom is -0.383 e. The van der Waals surface area contributed by atoms with Gasteiger partial charge < -0.3 is 19.9 Å². The predicted octanol–water partition coefficient (Wildman–Crippen LogP) is 2.53. The molecular formula is C22H23ClN4O5S. The van der Waals surface area contributed by atoms with Crippen molar-refractivity contribution in [1.29, 1.82) is 0 Å². The zero-order valence-corrected chi connectivity index (χ0v) is 19.4. The van der Waals surface area contributed by atoms with Crippen molar-refractivity contribution in [3.63, 3.8) is 0 Å². The van der Waals surface area contributed by atoms with E-state index in [1.165, 1.54) is 24.3 Å². The van der Waals surface area contributed by atoms with Crippen LogP contribution in [0.15, 0.2) is 53.4 Å². The maximum atomic E-state index is 12.7. The van der Waals surface area contributed by atoms with Gasteiger partial charge in [-0.2, -0.15) is 0 Å². The van der Waals surface area contributed by atoms with Crippen molar-refractivity contribution in [3.05, 3.63) is 59.2 Å². The average Bonchev–Trinajstić information content (AvgIpc) is 3.16. The zero-order chi connectivity index (χ0) is 23.6. The van der Waals surface area contributed by atoms with Gasteiger partial charge in [-0.1, -0.05) is 11.6 Å². The SMILES string of the molecule is COCCNC(=O)CC1CNC(=O)c2cc3cc(NS(=O)(=O)c4ccc(Cl)cc4)ccc3n21. The molecule has 2 aromatic carbocycles. The first-order chi connectivity index (χ1) is 15.8. The number of nitrogens with zero attached hydrogens (tertiary/aromatic N) is 1. The molecule has 0 spiro atoms. The number of nitrogens with one attached hydrogen (secondary N) is 3. The summed E-state index contributed by atoms with van der Waals surface area (Å²) in [4.78, 5) is 24.9. The number of rotatable bonds is 8. The van der Waals surface area contributed by atoms with Crippen LogP contribution in [0.2, 0.25) is 5.02 Å². The fraction of sp³-hybridized carbons (Fsp3) is 0.273. The lowest BCUT2D eigenvalue weighted by atomic mass is 10.1. The molecule has 1 unspecified atom stereocenters. The van der Waals surface area contributed by atoms with Gasteiger partial charge in [-0.05, 0) is 48.5 Å². The second kappa shape index (κ2) is 9.42. The number of aromatic nitrogens is 1. The summed E-state index contributed by atoms with van der Waals surface area (Å²) in [5.41, 5.74) is 1.52. The minimum atomic E-state index is -3.81.